The van der Waals surface area contributed by atoms with Crippen molar-refractivity contribution in [2.24, 2.45) is 0 Å². The van der Waals surface area contributed by atoms with Crippen molar-refractivity contribution >= 4 is 37.3 Å². The zero-order chi connectivity index (χ0) is 20.4. The molecule has 0 saturated heterocycles. The number of hydrogen-bond acceptors (Lipinski definition) is 7. The van der Waals surface area contributed by atoms with E-state index >= 15 is 0 Å². The molecule has 1 heterocycles. The summed E-state index contributed by atoms with van der Waals surface area (Å²) in [7, 11) is -0.611. The zero-order valence-electron chi connectivity index (χ0n) is 15.6. The Morgan fingerprint density at radius 1 is 0.828 bits per heavy atom. The summed E-state index contributed by atoms with van der Waals surface area (Å²) >= 11 is 1.16. The van der Waals surface area contributed by atoms with Crippen LogP contribution in [0.4, 0.5) is 5.13 Å². The highest BCUT2D eigenvalue weighted by Gasteiger charge is 2.18. The van der Waals surface area contributed by atoms with E-state index in [0.29, 0.717) is 10.8 Å². The Labute approximate surface area is 172 Å². The first-order valence-electron chi connectivity index (χ1n) is 8.57. The van der Waals surface area contributed by atoms with Crippen LogP contribution in [0.15, 0.2) is 65.6 Å². The SMILES string of the molecule is COc1ccc(-c2nnc(NS(=O)(=O)c3ccc4cc(OC)ccc4c3)s2)cc1. The second-order valence-corrected chi connectivity index (χ2v) is 8.78. The van der Waals surface area contributed by atoms with Crippen LogP contribution in [0.5, 0.6) is 11.5 Å². The molecule has 4 rings (SSSR count). The molecule has 4 aromatic rings. The van der Waals surface area contributed by atoms with Crippen molar-refractivity contribution in [3.8, 4) is 22.1 Å². The Morgan fingerprint density at radius 3 is 2.21 bits per heavy atom. The van der Waals surface area contributed by atoms with E-state index in [4.69, 9.17) is 9.47 Å². The molecular weight excluding hydrogens is 410 g/mol. The Hall–Kier alpha value is -3.17. The van der Waals surface area contributed by atoms with Crippen molar-refractivity contribution in [2.75, 3.05) is 18.9 Å². The van der Waals surface area contributed by atoms with Crippen molar-refractivity contribution in [3.63, 3.8) is 0 Å². The van der Waals surface area contributed by atoms with Crippen LogP contribution in [0.25, 0.3) is 21.3 Å². The molecule has 0 amide bonds. The normalized spacial score (nSPS) is 11.4. The molecule has 3 aromatic carbocycles. The first-order valence-corrected chi connectivity index (χ1v) is 10.9. The van der Waals surface area contributed by atoms with Gasteiger partial charge in [-0.1, -0.05) is 23.5 Å². The molecule has 0 spiro atoms. The third kappa shape index (κ3) is 4.01. The number of rotatable bonds is 6. The summed E-state index contributed by atoms with van der Waals surface area (Å²) in [5.41, 5.74) is 0.827. The molecule has 148 valence electrons. The summed E-state index contributed by atoms with van der Waals surface area (Å²) in [4.78, 5) is 0.149. The number of anilines is 1. The minimum Gasteiger partial charge on any atom is -0.497 e. The molecule has 0 saturated carbocycles. The number of benzene rings is 3. The topological polar surface area (TPSA) is 90.4 Å². The number of sulfonamides is 1. The van der Waals surface area contributed by atoms with Gasteiger partial charge in [0.15, 0.2) is 0 Å². The van der Waals surface area contributed by atoms with Crippen LogP contribution in [-0.2, 0) is 10.0 Å². The highest BCUT2D eigenvalue weighted by molar-refractivity contribution is 7.93. The first kappa shape index (κ1) is 19.2. The smallest absolute Gasteiger partial charge is 0.263 e. The first-order chi connectivity index (χ1) is 14.0. The number of hydrogen-bond donors (Lipinski definition) is 1. The Morgan fingerprint density at radius 2 is 1.48 bits per heavy atom. The fraction of sp³-hybridized carbons (Fsp3) is 0.100. The lowest BCUT2D eigenvalue weighted by molar-refractivity contribution is 0.415. The van der Waals surface area contributed by atoms with E-state index in [1.165, 1.54) is 0 Å². The van der Waals surface area contributed by atoms with Gasteiger partial charge < -0.3 is 9.47 Å². The van der Waals surface area contributed by atoms with Gasteiger partial charge in [0.25, 0.3) is 10.0 Å². The molecule has 0 aliphatic heterocycles. The van der Waals surface area contributed by atoms with Crippen LogP contribution < -0.4 is 14.2 Å². The fourth-order valence-corrected chi connectivity index (χ4v) is 4.80. The van der Waals surface area contributed by atoms with Gasteiger partial charge >= 0.3 is 0 Å². The average Bonchev–Trinajstić information content (AvgIpc) is 3.20. The van der Waals surface area contributed by atoms with E-state index in [1.807, 2.05) is 36.4 Å². The van der Waals surface area contributed by atoms with Crippen LogP contribution in [0.3, 0.4) is 0 Å². The summed E-state index contributed by atoms with van der Waals surface area (Å²) in [6.07, 6.45) is 0. The summed E-state index contributed by atoms with van der Waals surface area (Å²) in [6.45, 7) is 0. The average molecular weight is 428 g/mol. The monoisotopic (exact) mass is 427 g/mol. The van der Waals surface area contributed by atoms with Crippen molar-refractivity contribution in [3.05, 3.63) is 60.7 Å². The van der Waals surface area contributed by atoms with E-state index in [1.54, 1.807) is 38.5 Å². The lowest BCUT2D eigenvalue weighted by Crippen LogP contribution is -2.12. The van der Waals surface area contributed by atoms with E-state index in [9.17, 15) is 8.42 Å². The predicted octanol–water partition coefficient (Wildman–Crippen LogP) is 4.18. The molecule has 0 aliphatic carbocycles. The number of nitrogens with zero attached hydrogens (tertiary/aromatic N) is 2. The standard InChI is InChI=1S/C20H17N3O4S2/c1-26-16-7-3-13(4-8-16)19-21-22-20(28-19)23-29(24,25)18-10-6-14-11-17(27-2)9-5-15(14)12-18/h3-12H,1-2H3,(H,22,23). The van der Waals surface area contributed by atoms with Gasteiger partial charge in [0.05, 0.1) is 19.1 Å². The van der Waals surface area contributed by atoms with Gasteiger partial charge in [-0.25, -0.2) is 8.42 Å². The summed E-state index contributed by atoms with van der Waals surface area (Å²) in [5, 5.41) is 10.5. The number of methoxy groups -OCH3 is 2. The minimum absolute atomic E-state index is 0.149. The van der Waals surface area contributed by atoms with Gasteiger partial charge in [-0.15, -0.1) is 10.2 Å². The van der Waals surface area contributed by atoms with Crippen molar-refractivity contribution < 1.29 is 17.9 Å². The molecule has 7 nitrogen and oxygen atoms in total. The lowest BCUT2D eigenvalue weighted by atomic mass is 10.1. The van der Waals surface area contributed by atoms with Gasteiger partial charge in [0.1, 0.15) is 16.5 Å². The number of ether oxygens (including phenoxy) is 2. The molecule has 29 heavy (non-hydrogen) atoms. The molecule has 0 unspecified atom stereocenters. The molecule has 0 fully saturated rings. The zero-order valence-corrected chi connectivity index (χ0v) is 17.3. The van der Waals surface area contributed by atoms with E-state index < -0.39 is 10.0 Å². The van der Waals surface area contributed by atoms with Gasteiger partial charge in [-0.2, -0.15) is 0 Å². The Kier molecular flexibility index (Phi) is 5.08. The molecule has 0 atom stereocenters. The largest absolute Gasteiger partial charge is 0.497 e. The molecular formula is C20H17N3O4S2. The maximum atomic E-state index is 12.8. The minimum atomic E-state index is -3.79. The number of aromatic nitrogens is 2. The highest BCUT2D eigenvalue weighted by atomic mass is 32.2. The summed E-state index contributed by atoms with van der Waals surface area (Å²) in [6, 6.07) is 17.7. The number of fused-ring (bicyclic) bond motifs is 1. The molecule has 0 radical (unpaired) electrons. The van der Waals surface area contributed by atoms with Crippen LogP contribution in [0.2, 0.25) is 0 Å². The molecule has 9 heteroatoms. The highest BCUT2D eigenvalue weighted by Crippen LogP contribution is 2.30. The number of nitrogens with one attached hydrogen (secondary N) is 1. The second-order valence-electron chi connectivity index (χ2n) is 6.12. The van der Waals surface area contributed by atoms with Crippen LogP contribution >= 0.6 is 11.3 Å². The van der Waals surface area contributed by atoms with Crippen molar-refractivity contribution in [1.29, 1.82) is 0 Å². The van der Waals surface area contributed by atoms with Crippen LogP contribution in [0.1, 0.15) is 0 Å². The lowest BCUT2D eigenvalue weighted by Gasteiger charge is -2.07. The van der Waals surface area contributed by atoms with E-state index in [-0.39, 0.29) is 10.0 Å². The molecule has 0 aliphatic rings. The Balaban J connectivity index is 1.58. The summed E-state index contributed by atoms with van der Waals surface area (Å²) in [5.74, 6) is 1.44. The van der Waals surface area contributed by atoms with Crippen molar-refractivity contribution in [1.82, 2.24) is 10.2 Å². The third-order valence-corrected chi connectivity index (χ3v) is 6.67. The van der Waals surface area contributed by atoms with E-state index in [2.05, 4.69) is 14.9 Å². The van der Waals surface area contributed by atoms with Gasteiger partial charge in [0.2, 0.25) is 5.13 Å². The van der Waals surface area contributed by atoms with Crippen LogP contribution in [-0.4, -0.2) is 32.8 Å². The second kappa shape index (κ2) is 7.69. The van der Waals surface area contributed by atoms with Gasteiger partial charge in [0, 0.05) is 5.56 Å². The summed E-state index contributed by atoms with van der Waals surface area (Å²) < 4.78 is 38.4. The maximum absolute atomic E-state index is 12.8. The maximum Gasteiger partial charge on any atom is 0.263 e. The quantitative estimate of drug-likeness (QED) is 0.497. The van der Waals surface area contributed by atoms with E-state index in [0.717, 1.165) is 33.4 Å². The van der Waals surface area contributed by atoms with Crippen LogP contribution in [0, 0.1) is 0 Å². The molecule has 1 aromatic heterocycles. The predicted molar refractivity (Wildman–Crippen MR) is 113 cm³/mol. The van der Waals surface area contributed by atoms with Gasteiger partial charge in [-0.05, 0) is 59.3 Å². The van der Waals surface area contributed by atoms with Gasteiger partial charge in [-0.3, -0.25) is 4.72 Å². The Bertz CT molecular complexity index is 1270. The molecule has 1 N–H and O–H groups in total. The molecule has 0 bridgehead atoms. The van der Waals surface area contributed by atoms with Crippen molar-refractivity contribution in [2.45, 2.75) is 4.90 Å². The third-order valence-electron chi connectivity index (χ3n) is 4.31. The fourth-order valence-electron chi connectivity index (χ4n) is 2.78.